The molecule has 2 heterocycles. The smallest absolute Gasteiger partial charge is 0.271 e. The predicted molar refractivity (Wildman–Crippen MR) is 78.6 cm³/mol. The molecule has 1 aromatic carbocycles. The Morgan fingerprint density at radius 1 is 1.25 bits per heavy atom. The SMILES string of the molecule is CC(C)[C@@H]1N=c2s/c(=C/c3ccccc3)c(=O)n2C1=O. The average molecular weight is 286 g/mol. The van der Waals surface area contributed by atoms with Gasteiger partial charge in [-0.2, -0.15) is 0 Å². The van der Waals surface area contributed by atoms with E-state index < -0.39 is 6.04 Å². The minimum Gasteiger partial charge on any atom is -0.271 e. The summed E-state index contributed by atoms with van der Waals surface area (Å²) in [6, 6.07) is 9.17. The minimum atomic E-state index is -0.417. The van der Waals surface area contributed by atoms with Crippen molar-refractivity contribution in [1.82, 2.24) is 4.57 Å². The molecule has 5 heteroatoms. The molecular weight excluding hydrogens is 272 g/mol. The van der Waals surface area contributed by atoms with Crippen molar-refractivity contribution < 1.29 is 4.79 Å². The standard InChI is InChI=1S/C15H14N2O2S/c1-9(2)12-14(19)17-13(18)11(20-15(17)16-12)8-10-6-4-3-5-7-10/h3-9,12H,1-2H3/b11-8+/t12-/m0/s1. The first-order valence-electron chi connectivity index (χ1n) is 6.48. The second-order valence-corrected chi connectivity index (χ2v) is 6.11. The first kappa shape index (κ1) is 13.0. The van der Waals surface area contributed by atoms with E-state index in [-0.39, 0.29) is 17.4 Å². The van der Waals surface area contributed by atoms with Gasteiger partial charge in [-0.3, -0.25) is 9.59 Å². The normalized spacial score (nSPS) is 18.4. The lowest BCUT2D eigenvalue weighted by Crippen LogP contribution is -2.37. The topological polar surface area (TPSA) is 51.4 Å². The number of hydrogen-bond donors (Lipinski definition) is 0. The van der Waals surface area contributed by atoms with Crippen LogP contribution in [0.25, 0.3) is 6.08 Å². The molecule has 2 aromatic rings. The third-order valence-electron chi connectivity index (χ3n) is 3.26. The fourth-order valence-corrected chi connectivity index (χ4v) is 3.20. The van der Waals surface area contributed by atoms with Gasteiger partial charge in [0.2, 0.25) is 0 Å². The molecule has 0 saturated carbocycles. The molecule has 0 radical (unpaired) electrons. The first-order valence-corrected chi connectivity index (χ1v) is 7.30. The summed E-state index contributed by atoms with van der Waals surface area (Å²) in [6.07, 6.45) is 1.80. The van der Waals surface area contributed by atoms with Crippen LogP contribution < -0.4 is 14.9 Å². The van der Waals surface area contributed by atoms with E-state index in [1.165, 1.54) is 15.9 Å². The number of thiazole rings is 1. The summed E-state index contributed by atoms with van der Waals surface area (Å²) in [7, 11) is 0. The van der Waals surface area contributed by atoms with Gasteiger partial charge in [-0.15, -0.1) is 0 Å². The molecule has 0 saturated heterocycles. The molecule has 0 fully saturated rings. The van der Waals surface area contributed by atoms with E-state index in [0.29, 0.717) is 9.33 Å². The summed E-state index contributed by atoms with van der Waals surface area (Å²) >= 11 is 1.28. The molecule has 20 heavy (non-hydrogen) atoms. The van der Waals surface area contributed by atoms with Gasteiger partial charge >= 0.3 is 0 Å². The molecule has 1 aliphatic rings. The zero-order chi connectivity index (χ0) is 14.3. The van der Waals surface area contributed by atoms with Crippen molar-refractivity contribution in [1.29, 1.82) is 0 Å². The molecule has 3 rings (SSSR count). The Labute approximate surface area is 119 Å². The molecule has 1 aliphatic heterocycles. The van der Waals surface area contributed by atoms with Gasteiger partial charge in [0.25, 0.3) is 11.5 Å². The van der Waals surface area contributed by atoms with Gasteiger partial charge in [0.15, 0.2) is 4.80 Å². The van der Waals surface area contributed by atoms with E-state index in [9.17, 15) is 9.59 Å². The third-order valence-corrected chi connectivity index (χ3v) is 4.24. The monoisotopic (exact) mass is 286 g/mol. The maximum Gasteiger partial charge on any atom is 0.277 e. The van der Waals surface area contributed by atoms with E-state index in [4.69, 9.17) is 0 Å². The largest absolute Gasteiger partial charge is 0.277 e. The molecule has 0 bridgehead atoms. The van der Waals surface area contributed by atoms with Gasteiger partial charge in [-0.05, 0) is 17.6 Å². The number of carbonyl (C=O) groups excluding carboxylic acids is 1. The van der Waals surface area contributed by atoms with Crippen LogP contribution in [0.5, 0.6) is 0 Å². The summed E-state index contributed by atoms with van der Waals surface area (Å²) < 4.78 is 1.76. The van der Waals surface area contributed by atoms with Crippen molar-refractivity contribution >= 4 is 23.3 Å². The number of aromatic nitrogens is 1. The average Bonchev–Trinajstić information content (AvgIpc) is 2.90. The van der Waals surface area contributed by atoms with E-state index in [2.05, 4.69) is 4.99 Å². The van der Waals surface area contributed by atoms with Crippen LogP contribution >= 0.6 is 11.3 Å². The zero-order valence-electron chi connectivity index (χ0n) is 11.2. The van der Waals surface area contributed by atoms with Crippen molar-refractivity contribution in [2.45, 2.75) is 19.9 Å². The second-order valence-electron chi connectivity index (χ2n) is 5.10. The summed E-state index contributed by atoms with van der Waals surface area (Å²) in [5, 5.41) is 0. The summed E-state index contributed by atoms with van der Waals surface area (Å²) in [5.41, 5.74) is 0.684. The van der Waals surface area contributed by atoms with Crippen LogP contribution in [0.4, 0.5) is 0 Å². The summed E-state index contributed by atoms with van der Waals surface area (Å²) in [5.74, 6) is -0.0977. The van der Waals surface area contributed by atoms with Crippen LogP contribution in [0.15, 0.2) is 40.1 Å². The van der Waals surface area contributed by atoms with Crippen molar-refractivity contribution in [3.8, 4) is 0 Å². The van der Waals surface area contributed by atoms with Gasteiger partial charge in [-0.1, -0.05) is 55.5 Å². The molecule has 0 spiro atoms. The Balaban J connectivity index is 2.16. The van der Waals surface area contributed by atoms with Crippen molar-refractivity contribution in [3.05, 3.63) is 55.6 Å². The van der Waals surface area contributed by atoms with E-state index in [1.807, 2.05) is 44.2 Å². The second kappa shape index (κ2) is 4.83. The Morgan fingerprint density at radius 3 is 2.55 bits per heavy atom. The Hall–Kier alpha value is -2.01. The van der Waals surface area contributed by atoms with Crippen molar-refractivity contribution in [3.63, 3.8) is 0 Å². The number of hydrogen-bond acceptors (Lipinski definition) is 4. The summed E-state index contributed by atoms with van der Waals surface area (Å²) in [6.45, 7) is 3.87. The molecule has 1 atom stereocenters. The van der Waals surface area contributed by atoms with Gasteiger partial charge in [-0.25, -0.2) is 9.56 Å². The van der Waals surface area contributed by atoms with Gasteiger partial charge < -0.3 is 0 Å². The van der Waals surface area contributed by atoms with Crippen LogP contribution in [-0.2, 0) is 0 Å². The highest BCUT2D eigenvalue weighted by Gasteiger charge is 2.31. The lowest BCUT2D eigenvalue weighted by atomic mass is 10.1. The Morgan fingerprint density at radius 2 is 1.95 bits per heavy atom. The fourth-order valence-electron chi connectivity index (χ4n) is 2.20. The quantitative estimate of drug-likeness (QED) is 0.828. The highest BCUT2D eigenvalue weighted by Crippen LogP contribution is 2.11. The third kappa shape index (κ3) is 2.04. The van der Waals surface area contributed by atoms with Crippen LogP contribution in [0, 0.1) is 5.92 Å². The number of nitrogens with zero attached hydrogens (tertiary/aromatic N) is 2. The fraction of sp³-hybridized carbons (Fsp3) is 0.267. The molecule has 1 aromatic heterocycles. The van der Waals surface area contributed by atoms with Crippen molar-refractivity contribution in [2.75, 3.05) is 0 Å². The van der Waals surface area contributed by atoms with Gasteiger partial charge in [0.1, 0.15) is 6.04 Å². The number of rotatable bonds is 2. The highest BCUT2D eigenvalue weighted by atomic mass is 32.1. The van der Waals surface area contributed by atoms with Gasteiger partial charge in [0.05, 0.1) is 4.53 Å². The lowest BCUT2D eigenvalue weighted by molar-refractivity contribution is 0.0873. The van der Waals surface area contributed by atoms with Crippen molar-refractivity contribution in [2.24, 2.45) is 10.9 Å². The molecule has 0 unspecified atom stereocenters. The van der Waals surface area contributed by atoms with E-state index in [0.717, 1.165) is 5.56 Å². The van der Waals surface area contributed by atoms with Crippen LogP contribution in [-0.4, -0.2) is 16.5 Å². The number of carbonyl (C=O) groups is 1. The molecule has 102 valence electrons. The van der Waals surface area contributed by atoms with Crippen LogP contribution in [0.3, 0.4) is 0 Å². The first-order chi connectivity index (χ1) is 9.58. The maximum absolute atomic E-state index is 12.3. The Bertz CT molecular complexity index is 831. The molecular formula is C15H14N2O2S. The zero-order valence-corrected chi connectivity index (χ0v) is 12.1. The van der Waals surface area contributed by atoms with E-state index >= 15 is 0 Å². The molecule has 4 nitrogen and oxygen atoms in total. The predicted octanol–water partition coefficient (Wildman–Crippen LogP) is 1.04. The van der Waals surface area contributed by atoms with Gasteiger partial charge in [0, 0.05) is 0 Å². The number of fused-ring (bicyclic) bond motifs is 1. The maximum atomic E-state index is 12.3. The minimum absolute atomic E-state index is 0.107. The van der Waals surface area contributed by atoms with Crippen LogP contribution in [0.1, 0.15) is 24.2 Å². The molecule has 0 N–H and O–H groups in total. The number of benzene rings is 1. The highest BCUT2D eigenvalue weighted by molar-refractivity contribution is 7.07. The lowest BCUT2D eigenvalue weighted by Gasteiger charge is -2.08. The molecule has 0 aliphatic carbocycles. The summed E-state index contributed by atoms with van der Waals surface area (Å²) in [4.78, 5) is 29.4. The Kier molecular flexibility index (Phi) is 3.14. The molecule has 0 amide bonds. The van der Waals surface area contributed by atoms with Crippen LogP contribution in [0.2, 0.25) is 0 Å². The van der Waals surface area contributed by atoms with E-state index in [1.54, 1.807) is 6.08 Å².